The Balaban J connectivity index is 1.53. The minimum atomic E-state index is -3.86. The third-order valence-electron chi connectivity index (χ3n) is 6.10. The molecule has 0 aliphatic heterocycles. The molecule has 172 valence electrons. The molecule has 4 aromatic carbocycles. The molecule has 0 aliphatic rings. The summed E-state index contributed by atoms with van der Waals surface area (Å²) in [6.45, 7) is 2.15. The number of para-hydroxylation sites is 2. The van der Waals surface area contributed by atoms with Crippen LogP contribution in [0.15, 0.2) is 108 Å². The average Bonchev–Trinajstić information content (AvgIpc) is 3.17. The van der Waals surface area contributed by atoms with Gasteiger partial charge in [-0.1, -0.05) is 72.3 Å². The molecule has 0 amide bonds. The van der Waals surface area contributed by atoms with Crippen molar-refractivity contribution in [3.8, 4) is 0 Å². The Labute approximate surface area is 199 Å². The lowest BCUT2D eigenvalue weighted by Crippen LogP contribution is -2.39. The number of benzene rings is 4. The van der Waals surface area contributed by atoms with E-state index in [1.807, 2.05) is 55.5 Å². The topological polar surface area (TPSA) is 62.5 Å². The van der Waals surface area contributed by atoms with Gasteiger partial charge in [0.05, 0.1) is 29.8 Å². The van der Waals surface area contributed by atoms with Gasteiger partial charge in [-0.3, -0.25) is 4.31 Å². The first kappa shape index (κ1) is 22.2. The van der Waals surface area contributed by atoms with Crippen LogP contribution in [0.2, 0.25) is 0 Å². The number of rotatable bonds is 7. The number of aliphatic hydroxyl groups excluding tert-OH is 1. The number of aliphatic hydroxyl groups is 1. The van der Waals surface area contributed by atoms with Crippen LogP contribution in [0.25, 0.3) is 21.8 Å². The zero-order valence-electron chi connectivity index (χ0n) is 18.9. The van der Waals surface area contributed by atoms with Gasteiger partial charge in [0.1, 0.15) is 0 Å². The third kappa shape index (κ3) is 4.06. The van der Waals surface area contributed by atoms with Gasteiger partial charge in [0.25, 0.3) is 10.0 Å². The van der Waals surface area contributed by atoms with Crippen molar-refractivity contribution in [1.29, 1.82) is 0 Å². The Morgan fingerprint density at radius 3 is 1.88 bits per heavy atom. The number of aryl methyl sites for hydroxylation is 1. The molecule has 1 atom stereocenters. The van der Waals surface area contributed by atoms with E-state index in [0.29, 0.717) is 5.69 Å². The molecule has 0 spiro atoms. The van der Waals surface area contributed by atoms with Crippen LogP contribution in [0.1, 0.15) is 5.56 Å². The molecule has 0 saturated carbocycles. The maximum atomic E-state index is 13.6. The van der Waals surface area contributed by atoms with E-state index in [1.54, 1.807) is 42.5 Å². The maximum absolute atomic E-state index is 13.6. The monoisotopic (exact) mass is 470 g/mol. The lowest BCUT2D eigenvalue weighted by Gasteiger charge is -2.27. The molecule has 5 aromatic rings. The summed E-state index contributed by atoms with van der Waals surface area (Å²) >= 11 is 0. The number of hydrogen-bond acceptors (Lipinski definition) is 3. The summed E-state index contributed by atoms with van der Waals surface area (Å²) in [5.74, 6) is 0. The van der Waals surface area contributed by atoms with Crippen LogP contribution >= 0.6 is 0 Å². The maximum Gasteiger partial charge on any atom is 0.264 e. The van der Waals surface area contributed by atoms with Crippen molar-refractivity contribution in [1.82, 2.24) is 4.57 Å². The molecule has 5 nitrogen and oxygen atoms in total. The zero-order valence-corrected chi connectivity index (χ0v) is 19.7. The van der Waals surface area contributed by atoms with Crippen LogP contribution in [0.4, 0.5) is 5.69 Å². The Morgan fingerprint density at radius 1 is 0.765 bits per heavy atom. The highest BCUT2D eigenvalue weighted by molar-refractivity contribution is 7.92. The van der Waals surface area contributed by atoms with Crippen molar-refractivity contribution in [2.75, 3.05) is 10.8 Å². The van der Waals surface area contributed by atoms with Crippen molar-refractivity contribution in [3.05, 3.63) is 109 Å². The Hall–Kier alpha value is -3.61. The average molecular weight is 471 g/mol. The highest BCUT2D eigenvalue weighted by Crippen LogP contribution is 2.30. The molecular formula is C28H26N2O3S. The minimum Gasteiger partial charge on any atom is -0.389 e. The summed E-state index contributed by atoms with van der Waals surface area (Å²) < 4.78 is 30.5. The molecule has 0 radical (unpaired) electrons. The Morgan fingerprint density at radius 2 is 1.29 bits per heavy atom. The van der Waals surface area contributed by atoms with Crippen molar-refractivity contribution in [2.24, 2.45) is 0 Å². The number of fused-ring (bicyclic) bond motifs is 3. The van der Waals surface area contributed by atoms with Gasteiger partial charge in [-0.2, -0.15) is 0 Å². The van der Waals surface area contributed by atoms with Crippen molar-refractivity contribution >= 4 is 37.5 Å². The lowest BCUT2D eigenvalue weighted by atomic mass is 10.2. The number of anilines is 1. The summed E-state index contributed by atoms with van der Waals surface area (Å²) in [5.41, 5.74) is 3.58. The summed E-state index contributed by atoms with van der Waals surface area (Å²) in [6, 6.07) is 31.8. The molecular weight excluding hydrogens is 444 g/mol. The van der Waals surface area contributed by atoms with Crippen LogP contribution in [0.5, 0.6) is 0 Å². The molecule has 0 fully saturated rings. The van der Waals surface area contributed by atoms with Crippen molar-refractivity contribution in [2.45, 2.75) is 24.5 Å². The van der Waals surface area contributed by atoms with Gasteiger partial charge in [-0.25, -0.2) is 8.42 Å². The first-order valence-electron chi connectivity index (χ1n) is 11.2. The molecule has 6 heteroatoms. The molecule has 5 rings (SSSR count). The molecule has 0 aliphatic carbocycles. The number of hydrogen-bond donors (Lipinski definition) is 1. The van der Waals surface area contributed by atoms with E-state index in [4.69, 9.17) is 0 Å². The fourth-order valence-electron chi connectivity index (χ4n) is 4.43. The predicted octanol–water partition coefficient (Wildman–Crippen LogP) is 5.36. The van der Waals surface area contributed by atoms with Gasteiger partial charge in [0.15, 0.2) is 0 Å². The Bertz CT molecular complexity index is 1490. The first-order valence-corrected chi connectivity index (χ1v) is 12.7. The second kappa shape index (κ2) is 8.97. The van der Waals surface area contributed by atoms with Crippen LogP contribution in [-0.2, 0) is 16.6 Å². The van der Waals surface area contributed by atoms with Crippen LogP contribution in [0.3, 0.4) is 0 Å². The van der Waals surface area contributed by atoms with Crippen molar-refractivity contribution < 1.29 is 13.5 Å². The molecule has 1 N–H and O–H groups in total. The predicted molar refractivity (Wildman–Crippen MR) is 138 cm³/mol. The Kier molecular flexibility index (Phi) is 5.86. The van der Waals surface area contributed by atoms with E-state index in [1.165, 1.54) is 4.31 Å². The van der Waals surface area contributed by atoms with Crippen LogP contribution in [0, 0.1) is 6.92 Å². The highest BCUT2D eigenvalue weighted by atomic mass is 32.2. The van der Waals surface area contributed by atoms with E-state index in [2.05, 4.69) is 16.7 Å². The van der Waals surface area contributed by atoms with E-state index in [-0.39, 0.29) is 18.0 Å². The van der Waals surface area contributed by atoms with Gasteiger partial charge in [0, 0.05) is 21.8 Å². The van der Waals surface area contributed by atoms with Gasteiger partial charge in [-0.05, 0) is 43.3 Å². The molecule has 34 heavy (non-hydrogen) atoms. The molecule has 1 heterocycles. The van der Waals surface area contributed by atoms with E-state index < -0.39 is 16.1 Å². The summed E-state index contributed by atoms with van der Waals surface area (Å²) in [7, 11) is -3.86. The summed E-state index contributed by atoms with van der Waals surface area (Å²) in [4.78, 5) is 0.194. The van der Waals surface area contributed by atoms with Gasteiger partial charge in [-0.15, -0.1) is 0 Å². The highest BCUT2D eigenvalue weighted by Gasteiger charge is 2.27. The van der Waals surface area contributed by atoms with E-state index in [9.17, 15) is 13.5 Å². The summed E-state index contributed by atoms with van der Waals surface area (Å²) in [5, 5.41) is 13.4. The van der Waals surface area contributed by atoms with Gasteiger partial charge in [0.2, 0.25) is 0 Å². The van der Waals surface area contributed by atoms with Crippen LogP contribution < -0.4 is 4.31 Å². The van der Waals surface area contributed by atoms with Crippen LogP contribution in [-0.4, -0.2) is 30.7 Å². The van der Waals surface area contributed by atoms with E-state index >= 15 is 0 Å². The molecule has 0 bridgehead atoms. The fourth-order valence-corrected chi connectivity index (χ4v) is 5.96. The molecule has 1 aromatic heterocycles. The third-order valence-corrected chi connectivity index (χ3v) is 7.91. The van der Waals surface area contributed by atoms with E-state index in [0.717, 1.165) is 27.4 Å². The zero-order chi connectivity index (χ0) is 23.7. The smallest absolute Gasteiger partial charge is 0.264 e. The largest absolute Gasteiger partial charge is 0.389 e. The second-order valence-corrected chi connectivity index (χ2v) is 10.3. The van der Waals surface area contributed by atoms with Gasteiger partial charge >= 0.3 is 0 Å². The lowest BCUT2D eigenvalue weighted by molar-refractivity contribution is 0.166. The fraction of sp³-hybridized carbons (Fsp3) is 0.143. The SMILES string of the molecule is Cc1ccc(N(C[C@@H](O)Cn2c3ccccc3c3ccccc32)S(=O)(=O)c2ccccc2)cc1. The quantitative estimate of drug-likeness (QED) is 0.348. The van der Waals surface area contributed by atoms with Gasteiger partial charge < -0.3 is 9.67 Å². The first-order chi connectivity index (χ1) is 16.4. The number of sulfonamides is 1. The molecule has 0 saturated heterocycles. The minimum absolute atomic E-state index is 0.0683. The number of aromatic nitrogens is 1. The summed E-state index contributed by atoms with van der Waals surface area (Å²) in [6.07, 6.45) is -0.931. The normalized spacial score (nSPS) is 12.8. The second-order valence-electron chi connectivity index (χ2n) is 8.48. The van der Waals surface area contributed by atoms with Crippen molar-refractivity contribution in [3.63, 3.8) is 0 Å². The molecule has 0 unspecified atom stereocenters. The number of nitrogens with zero attached hydrogens (tertiary/aromatic N) is 2. The standard InChI is InChI=1S/C28H26N2O3S/c1-21-15-17-22(18-16-21)30(34(32,33)24-9-3-2-4-10-24)20-23(31)19-29-27-13-7-5-11-25(27)26-12-6-8-14-28(26)29/h2-18,23,31H,19-20H2,1H3/t23-/m0/s1.